The fraction of sp³-hybridized carbons (Fsp3) is 0.667. The van der Waals surface area contributed by atoms with Crippen LogP contribution in [0.25, 0.3) is 0 Å². The van der Waals surface area contributed by atoms with Crippen molar-refractivity contribution in [3.05, 3.63) is 30.3 Å². The smallest absolute Gasteiger partial charge is 0.119 e. The Morgan fingerprint density at radius 1 is 1.05 bits per heavy atom. The summed E-state index contributed by atoms with van der Waals surface area (Å²) in [5, 5.41) is 3.68. The molecule has 1 aliphatic rings. The lowest BCUT2D eigenvalue weighted by molar-refractivity contribution is 0.0835. The third kappa shape index (κ3) is 4.82. The molecule has 0 unspecified atom stereocenters. The molecule has 0 amide bonds. The fourth-order valence-corrected chi connectivity index (χ4v) is 3.94. The molecule has 20 heavy (non-hydrogen) atoms. The van der Waals surface area contributed by atoms with Crippen LogP contribution in [0.2, 0.25) is 0 Å². The maximum atomic E-state index is 5.74. The Balaban J connectivity index is 1.74. The number of benzene rings is 1. The van der Waals surface area contributed by atoms with E-state index in [9.17, 15) is 0 Å². The highest BCUT2D eigenvalue weighted by Gasteiger charge is 2.37. The minimum Gasteiger partial charge on any atom is -0.492 e. The Bertz CT molecular complexity index is 395. The van der Waals surface area contributed by atoms with Gasteiger partial charge in [-0.25, -0.2) is 0 Å². The van der Waals surface area contributed by atoms with Crippen LogP contribution in [0.15, 0.2) is 30.3 Å². The molecule has 0 aromatic heterocycles. The van der Waals surface area contributed by atoms with E-state index in [2.05, 4.69) is 33.0 Å². The highest BCUT2D eigenvalue weighted by Crippen LogP contribution is 2.45. The molecule has 1 aromatic rings. The largest absolute Gasteiger partial charge is 0.492 e. The second-order valence-corrected chi connectivity index (χ2v) is 7.73. The SMILES string of the molecule is CC1(C)CC(NCCOc2ccccc2)CC(C)(C)C1. The third-order valence-corrected chi connectivity index (χ3v) is 4.10. The molecule has 1 aromatic carbocycles. The summed E-state index contributed by atoms with van der Waals surface area (Å²) in [5.74, 6) is 0.957. The van der Waals surface area contributed by atoms with Crippen molar-refractivity contribution in [2.45, 2.75) is 53.0 Å². The zero-order valence-corrected chi connectivity index (χ0v) is 13.4. The molecular weight excluding hydrogens is 246 g/mol. The molecule has 0 heterocycles. The Hall–Kier alpha value is -1.02. The molecule has 0 bridgehead atoms. The summed E-state index contributed by atoms with van der Waals surface area (Å²) in [6.07, 6.45) is 3.85. The number of nitrogens with one attached hydrogen (secondary N) is 1. The van der Waals surface area contributed by atoms with Gasteiger partial charge in [0, 0.05) is 12.6 Å². The predicted molar refractivity (Wildman–Crippen MR) is 85.1 cm³/mol. The van der Waals surface area contributed by atoms with Crippen LogP contribution < -0.4 is 10.1 Å². The van der Waals surface area contributed by atoms with Crippen LogP contribution in [-0.4, -0.2) is 19.2 Å². The van der Waals surface area contributed by atoms with Gasteiger partial charge in [0.05, 0.1) is 0 Å². The molecule has 1 fully saturated rings. The number of para-hydroxylation sites is 1. The van der Waals surface area contributed by atoms with E-state index in [4.69, 9.17) is 4.74 Å². The van der Waals surface area contributed by atoms with Gasteiger partial charge in [-0.15, -0.1) is 0 Å². The van der Waals surface area contributed by atoms with Crippen LogP contribution in [0.5, 0.6) is 5.75 Å². The molecule has 0 atom stereocenters. The Morgan fingerprint density at radius 2 is 1.65 bits per heavy atom. The van der Waals surface area contributed by atoms with Gasteiger partial charge in [-0.2, -0.15) is 0 Å². The van der Waals surface area contributed by atoms with E-state index in [1.54, 1.807) is 0 Å². The second kappa shape index (κ2) is 6.17. The summed E-state index contributed by atoms with van der Waals surface area (Å²) in [7, 11) is 0. The lowest BCUT2D eigenvalue weighted by Gasteiger charge is -2.45. The lowest BCUT2D eigenvalue weighted by Crippen LogP contribution is -2.44. The van der Waals surface area contributed by atoms with Gasteiger partial charge < -0.3 is 10.1 Å². The van der Waals surface area contributed by atoms with Crippen LogP contribution in [-0.2, 0) is 0 Å². The first kappa shape index (κ1) is 15.4. The minimum absolute atomic E-state index is 0.444. The van der Waals surface area contributed by atoms with E-state index < -0.39 is 0 Å². The minimum atomic E-state index is 0.444. The van der Waals surface area contributed by atoms with Crippen LogP contribution in [0.3, 0.4) is 0 Å². The molecule has 1 N–H and O–H groups in total. The average Bonchev–Trinajstić information content (AvgIpc) is 2.32. The highest BCUT2D eigenvalue weighted by molar-refractivity contribution is 5.20. The van der Waals surface area contributed by atoms with Crippen molar-refractivity contribution in [1.82, 2.24) is 5.32 Å². The van der Waals surface area contributed by atoms with Crippen LogP contribution in [0.4, 0.5) is 0 Å². The second-order valence-electron chi connectivity index (χ2n) is 7.73. The quantitative estimate of drug-likeness (QED) is 0.811. The Morgan fingerprint density at radius 3 is 2.25 bits per heavy atom. The predicted octanol–water partition coefficient (Wildman–Crippen LogP) is 4.26. The topological polar surface area (TPSA) is 21.3 Å². The number of ether oxygens (including phenoxy) is 1. The summed E-state index contributed by atoms with van der Waals surface area (Å²) >= 11 is 0. The summed E-state index contributed by atoms with van der Waals surface area (Å²) in [5.41, 5.74) is 0.888. The molecule has 2 heteroatoms. The van der Waals surface area contributed by atoms with Crippen molar-refractivity contribution >= 4 is 0 Å². The van der Waals surface area contributed by atoms with Gasteiger partial charge in [0.25, 0.3) is 0 Å². The maximum Gasteiger partial charge on any atom is 0.119 e. The van der Waals surface area contributed by atoms with E-state index in [1.807, 2.05) is 30.3 Å². The molecule has 2 rings (SSSR count). The van der Waals surface area contributed by atoms with Crippen molar-refractivity contribution in [2.24, 2.45) is 10.8 Å². The molecular formula is C18H29NO. The van der Waals surface area contributed by atoms with Crippen molar-refractivity contribution in [3.63, 3.8) is 0 Å². The molecule has 112 valence electrons. The van der Waals surface area contributed by atoms with Crippen molar-refractivity contribution in [2.75, 3.05) is 13.2 Å². The van der Waals surface area contributed by atoms with Gasteiger partial charge in [-0.3, -0.25) is 0 Å². The van der Waals surface area contributed by atoms with E-state index in [1.165, 1.54) is 19.3 Å². The van der Waals surface area contributed by atoms with Crippen LogP contribution in [0, 0.1) is 10.8 Å². The molecule has 1 aliphatic carbocycles. The fourth-order valence-electron chi connectivity index (χ4n) is 3.94. The monoisotopic (exact) mass is 275 g/mol. The van der Waals surface area contributed by atoms with Crippen molar-refractivity contribution in [3.8, 4) is 5.75 Å². The molecule has 0 spiro atoms. The van der Waals surface area contributed by atoms with E-state index in [0.717, 1.165) is 18.9 Å². The van der Waals surface area contributed by atoms with Gasteiger partial charge in [-0.05, 0) is 42.2 Å². The molecule has 0 radical (unpaired) electrons. The zero-order chi connectivity index (χ0) is 14.6. The van der Waals surface area contributed by atoms with Crippen LogP contribution in [0.1, 0.15) is 47.0 Å². The molecule has 2 nitrogen and oxygen atoms in total. The normalized spacial score (nSPS) is 21.6. The Labute approximate surface area is 123 Å². The highest BCUT2D eigenvalue weighted by atomic mass is 16.5. The first-order valence-electron chi connectivity index (χ1n) is 7.78. The third-order valence-electron chi connectivity index (χ3n) is 4.10. The number of rotatable bonds is 5. The van der Waals surface area contributed by atoms with Gasteiger partial charge in [0.2, 0.25) is 0 Å². The average molecular weight is 275 g/mol. The van der Waals surface area contributed by atoms with E-state index >= 15 is 0 Å². The van der Waals surface area contributed by atoms with Crippen molar-refractivity contribution < 1.29 is 4.74 Å². The van der Waals surface area contributed by atoms with Gasteiger partial charge in [0.15, 0.2) is 0 Å². The first-order chi connectivity index (χ1) is 9.36. The molecule has 0 saturated heterocycles. The van der Waals surface area contributed by atoms with Gasteiger partial charge >= 0.3 is 0 Å². The Kier molecular flexibility index (Phi) is 4.74. The van der Waals surface area contributed by atoms with Crippen molar-refractivity contribution in [1.29, 1.82) is 0 Å². The molecule has 0 aliphatic heterocycles. The zero-order valence-electron chi connectivity index (χ0n) is 13.4. The number of hydrogen-bond donors (Lipinski definition) is 1. The lowest BCUT2D eigenvalue weighted by atomic mass is 9.63. The number of hydrogen-bond acceptors (Lipinski definition) is 2. The molecule has 1 saturated carbocycles. The standard InChI is InChI=1S/C18H29NO/c1-17(2)12-15(13-18(3,4)14-17)19-10-11-20-16-8-6-5-7-9-16/h5-9,15,19H,10-14H2,1-4H3. The first-order valence-corrected chi connectivity index (χ1v) is 7.78. The van der Waals surface area contributed by atoms with Crippen LogP contribution >= 0.6 is 0 Å². The maximum absolute atomic E-state index is 5.74. The van der Waals surface area contributed by atoms with E-state index in [0.29, 0.717) is 16.9 Å². The summed E-state index contributed by atoms with van der Waals surface area (Å²) < 4.78 is 5.74. The van der Waals surface area contributed by atoms with Gasteiger partial charge in [0.1, 0.15) is 12.4 Å². The summed E-state index contributed by atoms with van der Waals surface area (Å²) in [6, 6.07) is 10.7. The summed E-state index contributed by atoms with van der Waals surface area (Å²) in [6.45, 7) is 11.2. The van der Waals surface area contributed by atoms with E-state index in [-0.39, 0.29) is 0 Å². The van der Waals surface area contributed by atoms with Gasteiger partial charge in [-0.1, -0.05) is 45.9 Å². The summed E-state index contributed by atoms with van der Waals surface area (Å²) in [4.78, 5) is 0.